The lowest BCUT2D eigenvalue weighted by molar-refractivity contribution is 0.380. The van der Waals surface area contributed by atoms with Crippen molar-refractivity contribution < 1.29 is 4.52 Å². The van der Waals surface area contributed by atoms with Crippen LogP contribution in [-0.4, -0.2) is 15.1 Å². The van der Waals surface area contributed by atoms with Gasteiger partial charge in [0, 0.05) is 22.4 Å². The van der Waals surface area contributed by atoms with Gasteiger partial charge in [-0.25, -0.2) is 0 Å². The molecule has 0 radical (unpaired) electrons. The number of nitrogens with zero attached hydrogens (tertiary/aromatic N) is 3. The van der Waals surface area contributed by atoms with Gasteiger partial charge in [0.2, 0.25) is 11.7 Å². The molecule has 0 amide bonds. The molecule has 0 aliphatic heterocycles. The molecule has 2 heterocycles. The maximum atomic E-state index is 5.35. The fourth-order valence-corrected chi connectivity index (χ4v) is 1.35. The third-order valence-electron chi connectivity index (χ3n) is 1.61. The van der Waals surface area contributed by atoms with Crippen LogP contribution < -0.4 is 5.73 Å². The van der Waals surface area contributed by atoms with Gasteiger partial charge in [-0.15, -0.1) is 0 Å². The van der Waals surface area contributed by atoms with E-state index in [1.54, 1.807) is 12.4 Å². The smallest absolute Gasteiger partial charge is 0.240 e. The average Bonchev–Trinajstić information content (AvgIpc) is 2.66. The van der Waals surface area contributed by atoms with E-state index in [1.165, 1.54) is 0 Å². The lowest BCUT2D eigenvalue weighted by Crippen LogP contribution is -1.95. The van der Waals surface area contributed by atoms with Gasteiger partial charge in [-0.05, 0) is 22.0 Å². The maximum absolute atomic E-state index is 5.35. The second-order valence-corrected chi connectivity index (χ2v) is 3.52. The normalized spacial score (nSPS) is 10.4. The van der Waals surface area contributed by atoms with Crippen LogP contribution in [0.15, 0.2) is 27.5 Å². The van der Waals surface area contributed by atoms with E-state index in [2.05, 4.69) is 31.1 Å². The largest absolute Gasteiger partial charge is 0.338 e. The van der Waals surface area contributed by atoms with E-state index in [0.29, 0.717) is 11.7 Å². The van der Waals surface area contributed by atoms with E-state index < -0.39 is 0 Å². The first kappa shape index (κ1) is 9.29. The quantitative estimate of drug-likeness (QED) is 0.876. The summed E-state index contributed by atoms with van der Waals surface area (Å²) in [5.41, 5.74) is 6.14. The molecule has 0 atom stereocenters. The molecular formula is C8H7BrN4O. The van der Waals surface area contributed by atoms with Crippen LogP contribution in [0.1, 0.15) is 5.89 Å². The topological polar surface area (TPSA) is 77.8 Å². The van der Waals surface area contributed by atoms with Crippen molar-refractivity contribution in [2.75, 3.05) is 0 Å². The van der Waals surface area contributed by atoms with Crippen molar-refractivity contribution in [2.24, 2.45) is 5.73 Å². The molecule has 0 spiro atoms. The predicted octanol–water partition coefficient (Wildman–Crippen LogP) is 1.35. The van der Waals surface area contributed by atoms with E-state index >= 15 is 0 Å². The van der Waals surface area contributed by atoms with Gasteiger partial charge in [-0.2, -0.15) is 4.98 Å². The Labute approximate surface area is 88.5 Å². The maximum Gasteiger partial charge on any atom is 0.240 e. The first-order valence-corrected chi connectivity index (χ1v) is 4.72. The number of halogens is 1. The number of pyridine rings is 1. The lowest BCUT2D eigenvalue weighted by atomic mass is 10.3. The zero-order valence-electron chi connectivity index (χ0n) is 7.14. The molecular weight excluding hydrogens is 248 g/mol. The minimum Gasteiger partial charge on any atom is -0.338 e. The fraction of sp³-hybridized carbons (Fsp3) is 0.125. The second-order valence-electron chi connectivity index (χ2n) is 2.61. The van der Waals surface area contributed by atoms with Gasteiger partial charge in [0.25, 0.3) is 0 Å². The highest BCUT2D eigenvalue weighted by Gasteiger charge is 2.07. The highest BCUT2D eigenvalue weighted by Crippen LogP contribution is 2.18. The second kappa shape index (κ2) is 3.85. The monoisotopic (exact) mass is 254 g/mol. The summed E-state index contributed by atoms with van der Waals surface area (Å²) >= 11 is 3.31. The summed E-state index contributed by atoms with van der Waals surface area (Å²) in [4.78, 5) is 8.07. The van der Waals surface area contributed by atoms with Crippen molar-refractivity contribution in [1.29, 1.82) is 0 Å². The molecule has 0 unspecified atom stereocenters. The van der Waals surface area contributed by atoms with Crippen molar-refractivity contribution in [2.45, 2.75) is 6.54 Å². The molecule has 6 heteroatoms. The minimum atomic E-state index is 0.244. The van der Waals surface area contributed by atoms with Crippen LogP contribution >= 0.6 is 15.9 Å². The summed E-state index contributed by atoms with van der Waals surface area (Å²) in [7, 11) is 0. The molecule has 0 bridgehead atoms. The van der Waals surface area contributed by atoms with E-state index in [0.717, 1.165) is 10.0 Å². The van der Waals surface area contributed by atoms with Crippen LogP contribution in [0.4, 0.5) is 0 Å². The van der Waals surface area contributed by atoms with E-state index in [4.69, 9.17) is 10.3 Å². The summed E-state index contributed by atoms with van der Waals surface area (Å²) in [6, 6.07) is 1.86. The Balaban J connectivity index is 2.39. The third-order valence-corrected chi connectivity index (χ3v) is 2.04. The van der Waals surface area contributed by atoms with E-state index in [9.17, 15) is 0 Å². The molecule has 0 aliphatic rings. The van der Waals surface area contributed by atoms with Crippen LogP contribution in [0.3, 0.4) is 0 Å². The summed E-state index contributed by atoms with van der Waals surface area (Å²) < 4.78 is 5.75. The van der Waals surface area contributed by atoms with Gasteiger partial charge in [0.1, 0.15) is 0 Å². The number of hydrogen-bond acceptors (Lipinski definition) is 5. The SMILES string of the molecule is NCc1nc(-c2cncc(Br)c2)no1. The van der Waals surface area contributed by atoms with Gasteiger partial charge in [0.15, 0.2) is 0 Å². The molecule has 2 aromatic rings. The van der Waals surface area contributed by atoms with Crippen molar-refractivity contribution >= 4 is 15.9 Å². The van der Waals surface area contributed by atoms with Gasteiger partial charge in [-0.3, -0.25) is 4.98 Å². The molecule has 0 saturated carbocycles. The van der Waals surface area contributed by atoms with Crippen LogP contribution in [0.25, 0.3) is 11.4 Å². The lowest BCUT2D eigenvalue weighted by Gasteiger charge is -1.92. The molecule has 2 rings (SSSR count). The van der Waals surface area contributed by atoms with E-state index in [-0.39, 0.29) is 6.54 Å². The minimum absolute atomic E-state index is 0.244. The molecule has 72 valence electrons. The Morgan fingerprint density at radius 1 is 1.43 bits per heavy atom. The summed E-state index contributed by atoms with van der Waals surface area (Å²) in [5.74, 6) is 0.916. The van der Waals surface area contributed by atoms with Crippen LogP contribution in [0, 0.1) is 0 Å². The Bertz CT molecular complexity index is 442. The summed E-state index contributed by atoms with van der Waals surface area (Å²) in [6.07, 6.45) is 3.35. The first-order chi connectivity index (χ1) is 6.79. The Hall–Kier alpha value is -1.27. The van der Waals surface area contributed by atoms with Crippen molar-refractivity contribution in [3.63, 3.8) is 0 Å². The molecule has 0 aliphatic carbocycles. The van der Waals surface area contributed by atoms with E-state index in [1.807, 2.05) is 6.07 Å². The molecule has 5 nitrogen and oxygen atoms in total. The Kier molecular flexibility index (Phi) is 2.55. The number of aromatic nitrogens is 3. The van der Waals surface area contributed by atoms with Crippen molar-refractivity contribution in [1.82, 2.24) is 15.1 Å². The first-order valence-electron chi connectivity index (χ1n) is 3.93. The molecule has 0 fully saturated rings. The number of nitrogens with two attached hydrogens (primary N) is 1. The van der Waals surface area contributed by atoms with Crippen molar-refractivity contribution in [3.05, 3.63) is 28.8 Å². The van der Waals surface area contributed by atoms with Crippen LogP contribution in [0.5, 0.6) is 0 Å². The zero-order chi connectivity index (χ0) is 9.97. The van der Waals surface area contributed by atoms with Crippen LogP contribution in [0.2, 0.25) is 0 Å². The molecule has 2 aromatic heterocycles. The highest BCUT2D eigenvalue weighted by atomic mass is 79.9. The average molecular weight is 255 g/mol. The molecule has 14 heavy (non-hydrogen) atoms. The summed E-state index contributed by atoms with van der Waals surface area (Å²) in [5, 5.41) is 3.77. The van der Waals surface area contributed by atoms with Gasteiger partial charge < -0.3 is 10.3 Å². The molecule has 0 aromatic carbocycles. The molecule has 0 saturated heterocycles. The number of rotatable bonds is 2. The van der Waals surface area contributed by atoms with Gasteiger partial charge >= 0.3 is 0 Å². The fourth-order valence-electron chi connectivity index (χ4n) is 0.989. The Morgan fingerprint density at radius 3 is 2.93 bits per heavy atom. The van der Waals surface area contributed by atoms with Gasteiger partial charge in [-0.1, -0.05) is 5.16 Å². The predicted molar refractivity (Wildman–Crippen MR) is 53.1 cm³/mol. The standard InChI is InChI=1S/C8H7BrN4O/c9-6-1-5(3-11-4-6)8-12-7(2-10)14-13-8/h1,3-4H,2,10H2. The van der Waals surface area contributed by atoms with Gasteiger partial charge in [0.05, 0.1) is 6.54 Å². The molecule has 2 N–H and O–H groups in total. The zero-order valence-corrected chi connectivity index (χ0v) is 8.73. The highest BCUT2D eigenvalue weighted by molar-refractivity contribution is 9.10. The summed E-state index contributed by atoms with van der Waals surface area (Å²) in [6.45, 7) is 0.244. The van der Waals surface area contributed by atoms with Crippen molar-refractivity contribution in [3.8, 4) is 11.4 Å². The third kappa shape index (κ3) is 1.80. The van der Waals surface area contributed by atoms with Crippen LogP contribution in [-0.2, 0) is 6.54 Å². The Morgan fingerprint density at radius 2 is 2.29 bits per heavy atom. The number of hydrogen-bond donors (Lipinski definition) is 1.